The van der Waals surface area contributed by atoms with E-state index < -0.39 is 4.92 Å². The number of carbonyl (C=O) groups is 1. The Hall–Kier alpha value is -2.89. The number of nitro groups is 1. The van der Waals surface area contributed by atoms with E-state index >= 15 is 0 Å². The molecule has 0 unspecified atom stereocenters. The predicted molar refractivity (Wildman–Crippen MR) is 90.5 cm³/mol. The number of amides is 1. The molecule has 24 heavy (non-hydrogen) atoms. The number of fused-ring (bicyclic) bond motifs is 1. The molecule has 0 fully saturated rings. The summed E-state index contributed by atoms with van der Waals surface area (Å²) in [7, 11) is 1.60. The van der Waals surface area contributed by atoms with E-state index in [9.17, 15) is 14.9 Å². The Kier molecular flexibility index (Phi) is 4.46. The van der Waals surface area contributed by atoms with Crippen molar-refractivity contribution in [1.29, 1.82) is 0 Å². The zero-order chi connectivity index (χ0) is 17.1. The molecule has 0 spiro atoms. The predicted octanol–water partition coefficient (Wildman–Crippen LogP) is 3.13. The monoisotopic (exact) mass is 326 g/mol. The minimum atomic E-state index is -0.424. The van der Waals surface area contributed by atoms with Crippen molar-refractivity contribution in [2.24, 2.45) is 0 Å². The SMILES string of the molecule is COc1cccc(CCC(=O)N2CCc3cccc([N+](=O)[O-])c32)c1. The highest BCUT2D eigenvalue weighted by atomic mass is 16.6. The third-order valence-electron chi connectivity index (χ3n) is 4.23. The van der Waals surface area contributed by atoms with Crippen molar-refractivity contribution in [3.8, 4) is 5.75 Å². The molecule has 1 aliphatic heterocycles. The molecule has 6 heteroatoms. The maximum absolute atomic E-state index is 12.6. The Bertz CT molecular complexity index is 788. The summed E-state index contributed by atoms with van der Waals surface area (Å²) in [6.07, 6.45) is 1.53. The molecule has 1 amide bonds. The fourth-order valence-electron chi connectivity index (χ4n) is 3.05. The molecule has 2 aromatic rings. The largest absolute Gasteiger partial charge is 0.497 e. The molecule has 124 valence electrons. The Labute approximate surface area is 139 Å². The summed E-state index contributed by atoms with van der Waals surface area (Å²) in [6, 6.07) is 12.5. The Morgan fingerprint density at radius 3 is 2.83 bits per heavy atom. The zero-order valence-electron chi connectivity index (χ0n) is 13.4. The van der Waals surface area contributed by atoms with Gasteiger partial charge in [-0.25, -0.2) is 0 Å². The number of benzene rings is 2. The van der Waals surface area contributed by atoms with Gasteiger partial charge in [0.1, 0.15) is 11.4 Å². The fourth-order valence-corrected chi connectivity index (χ4v) is 3.05. The van der Waals surface area contributed by atoms with Gasteiger partial charge in [0.2, 0.25) is 5.91 Å². The van der Waals surface area contributed by atoms with E-state index in [4.69, 9.17) is 4.74 Å². The van der Waals surface area contributed by atoms with E-state index in [-0.39, 0.29) is 11.6 Å². The maximum atomic E-state index is 12.6. The number of rotatable bonds is 5. The summed E-state index contributed by atoms with van der Waals surface area (Å²) in [5.74, 6) is 0.660. The van der Waals surface area contributed by atoms with Crippen LogP contribution in [0, 0.1) is 10.1 Å². The van der Waals surface area contributed by atoms with Gasteiger partial charge >= 0.3 is 0 Å². The van der Waals surface area contributed by atoms with Crippen molar-refractivity contribution < 1.29 is 14.5 Å². The molecule has 6 nitrogen and oxygen atoms in total. The molecule has 2 aromatic carbocycles. The second kappa shape index (κ2) is 6.70. The molecule has 0 aromatic heterocycles. The fraction of sp³-hybridized carbons (Fsp3) is 0.278. The summed E-state index contributed by atoms with van der Waals surface area (Å²) >= 11 is 0. The number of nitrogens with zero attached hydrogens (tertiary/aromatic N) is 2. The number of para-hydroxylation sites is 1. The van der Waals surface area contributed by atoms with Crippen LogP contribution in [0.4, 0.5) is 11.4 Å². The van der Waals surface area contributed by atoms with Gasteiger partial charge in [-0.15, -0.1) is 0 Å². The molecule has 0 atom stereocenters. The van der Waals surface area contributed by atoms with Gasteiger partial charge in [-0.1, -0.05) is 24.3 Å². The Morgan fingerprint density at radius 1 is 1.29 bits per heavy atom. The molecule has 3 rings (SSSR count). The number of ether oxygens (including phenoxy) is 1. The Balaban J connectivity index is 1.75. The van der Waals surface area contributed by atoms with E-state index in [0.717, 1.165) is 16.9 Å². The van der Waals surface area contributed by atoms with Crippen LogP contribution >= 0.6 is 0 Å². The van der Waals surface area contributed by atoms with Gasteiger partial charge in [0, 0.05) is 19.0 Å². The van der Waals surface area contributed by atoms with Crippen molar-refractivity contribution in [3.05, 3.63) is 63.7 Å². The minimum absolute atomic E-state index is 0.000250. The van der Waals surface area contributed by atoms with Crippen LogP contribution < -0.4 is 9.64 Å². The molecule has 1 heterocycles. The Morgan fingerprint density at radius 2 is 2.08 bits per heavy atom. The second-order valence-corrected chi connectivity index (χ2v) is 5.69. The van der Waals surface area contributed by atoms with Gasteiger partial charge in [0.15, 0.2) is 0 Å². The first-order valence-corrected chi connectivity index (χ1v) is 7.79. The van der Waals surface area contributed by atoms with Gasteiger partial charge in [-0.2, -0.15) is 0 Å². The van der Waals surface area contributed by atoms with E-state index in [0.29, 0.717) is 31.5 Å². The normalized spacial score (nSPS) is 12.8. The van der Waals surface area contributed by atoms with Crippen LogP contribution in [0.3, 0.4) is 0 Å². The third kappa shape index (κ3) is 3.08. The molecule has 0 bridgehead atoms. The maximum Gasteiger partial charge on any atom is 0.293 e. The number of hydrogen-bond donors (Lipinski definition) is 0. The average Bonchev–Trinajstić information content (AvgIpc) is 3.04. The lowest BCUT2D eigenvalue weighted by Gasteiger charge is -2.17. The number of anilines is 1. The minimum Gasteiger partial charge on any atom is -0.497 e. The van der Waals surface area contributed by atoms with Crippen LogP contribution in [0.15, 0.2) is 42.5 Å². The van der Waals surface area contributed by atoms with Gasteiger partial charge in [0.25, 0.3) is 5.69 Å². The highest BCUT2D eigenvalue weighted by Gasteiger charge is 2.31. The van der Waals surface area contributed by atoms with Crippen LogP contribution in [0.2, 0.25) is 0 Å². The first-order valence-electron chi connectivity index (χ1n) is 7.79. The summed E-state index contributed by atoms with van der Waals surface area (Å²) in [4.78, 5) is 24.9. The van der Waals surface area contributed by atoms with Crippen molar-refractivity contribution in [3.63, 3.8) is 0 Å². The molecule has 0 saturated heterocycles. The van der Waals surface area contributed by atoms with Gasteiger partial charge in [-0.05, 0) is 36.1 Å². The number of hydrogen-bond acceptors (Lipinski definition) is 4. The lowest BCUT2D eigenvalue weighted by atomic mass is 10.1. The van der Waals surface area contributed by atoms with Gasteiger partial charge < -0.3 is 9.64 Å². The van der Waals surface area contributed by atoms with E-state index in [1.165, 1.54) is 6.07 Å². The summed E-state index contributed by atoms with van der Waals surface area (Å²) in [6.45, 7) is 0.497. The molecular weight excluding hydrogens is 308 g/mol. The lowest BCUT2D eigenvalue weighted by molar-refractivity contribution is -0.384. The van der Waals surface area contributed by atoms with Crippen molar-refractivity contribution in [1.82, 2.24) is 0 Å². The molecule has 0 radical (unpaired) electrons. The first-order chi connectivity index (χ1) is 11.6. The summed E-state index contributed by atoms with van der Waals surface area (Å²) in [5, 5.41) is 11.2. The molecule has 0 N–H and O–H groups in total. The zero-order valence-corrected chi connectivity index (χ0v) is 13.4. The van der Waals surface area contributed by atoms with Crippen LogP contribution in [-0.2, 0) is 17.6 Å². The highest BCUT2D eigenvalue weighted by Crippen LogP contribution is 2.37. The van der Waals surface area contributed by atoms with Crippen LogP contribution in [-0.4, -0.2) is 24.5 Å². The number of nitro benzene ring substituents is 1. The molecule has 0 aliphatic carbocycles. The van der Waals surface area contributed by atoms with E-state index in [1.54, 1.807) is 18.1 Å². The highest BCUT2D eigenvalue weighted by molar-refractivity contribution is 5.98. The standard InChI is InChI=1S/C18H18N2O4/c1-24-15-6-2-4-13(12-15)8-9-17(21)19-11-10-14-5-3-7-16(18(14)19)20(22)23/h2-7,12H,8-11H2,1H3. The van der Waals surface area contributed by atoms with Crippen LogP contribution in [0.1, 0.15) is 17.5 Å². The quantitative estimate of drug-likeness (QED) is 0.625. The third-order valence-corrected chi connectivity index (χ3v) is 4.23. The summed E-state index contributed by atoms with van der Waals surface area (Å²) < 4.78 is 5.18. The lowest BCUT2D eigenvalue weighted by Crippen LogP contribution is -2.29. The number of carbonyl (C=O) groups excluding carboxylic acids is 1. The van der Waals surface area contributed by atoms with E-state index in [1.807, 2.05) is 30.3 Å². The van der Waals surface area contributed by atoms with Crippen molar-refractivity contribution in [2.45, 2.75) is 19.3 Å². The molecule has 1 aliphatic rings. The van der Waals surface area contributed by atoms with Crippen molar-refractivity contribution >= 4 is 17.3 Å². The topological polar surface area (TPSA) is 72.7 Å². The first kappa shape index (κ1) is 16.0. The molecular formula is C18H18N2O4. The van der Waals surface area contributed by atoms with E-state index in [2.05, 4.69) is 0 Å². The smallest absolute Gasteiger partial charge is 0.293 e. The average molecular weight is 326 g/mol. The van der Waals surface area contributed by atoms with Gasteiger partial charge in [0.05, 0.1) is 12.0 Å². The second-order valence-electron chi connectivity index (χ2n) is 5.69. The number of methoxy groups -OCH3 is 1. The van der Waals surface area contributed by atoms with Crippen LogP contribution in [0.5, 0.6) is 5.75 Å². The molecule has 0 saturated carbocycles. The summed E-state index contributed by atoms with van der Waals surface area (Å²) in [5.41, 5.74) is 2.32. The number of aryl methyl sites for hydroxylation is 1. The van der Waals surface area contributed by atoms with Crippen LogP contribution in [0.25, 0.3) is 0 Å². The van der Waals surface area contributed by atoms with Crippen molar-refractivity contribution in [2.75, 3.05) is 18.6 Å². The van der Waals surface area contributed by atoms with Gasteiger partial charge in [-0.3, -0.25) is 14.9 Å².